The summed E-state index contributed by atoms with van der Waals surface area (Å²) in [7, 11) is -3.67. The van der Waals surface area contributed by atoms with Gasteiger partial charge in [0.25, 0.3) is 0 Å². The zero-order valence-corrected chi connectivity index (χ0v) is 22.8. The van der Waals surface area contributed by atoms with Gasteiger partial charge in [0.15, 0.2) is 0 Å². The molecule has 0 unspecified atom stereocenters. The van der Waals surface area contributed by atoms with Gasteiger partial charge < -0.3 is 19.7 Å². The highest BCUT2D eigenvalue weighted by Gasteiger charge is 2.28. The molecule has 1 amide bonds. The molecule has 1 aromatic heterocycles. The number of sulfonamides is 1. The summed E-state index contributed by atoms with van der Waals surface area (Å²) >= 11 is 1.56. The molecule has 9 nitrogen and oxygen atoms in total. The Morgan fingerprint density at radius 3 is 2.61 bits per heavy atom. The molecule has 2 heterocycles. The van der Waals surface area contributed by atoms with E-state index in [1.54, 1.807) is 30.5 Å². The minimum Gasteiger partial charge on any atom is -0.447 e. The summed E-state index contributed by atoms with van der Waals surface area (Å²) in [6, 6.07) is 5.76. The van der Waals surface area contributed by atoms with Crippen LogP contribution in [0, 0.1) is 0 Å². The summed E-state index contributed by atoms with van der Waals surface area (Å²) in [6.07, 6.45) is 4.84. The summed E-state index contributed by atoms with van der Waals surface area (Å²) in [4.78, 5) is 19.9. The van der Waals surface area contributed by atoms with Crippen molar-refractivity contribution in [3.8, 4) is 10.4 Å². The van der Waals surface area contributed by atoms with Crippen LogP contribution < -0.4 is 14.9 Å². The molecular formula is C25H36N4O5S2. The van der Waals surface area contributed by atoms with E-state index < -0.39 is 10.0 Å². The minimum absolute atomic E-state index is 0.108. The van der Waals surface area contributed by atoms with E-state index in [0.29, 0.717) is 31.2 Å². The average molecular weight is 537 g/mol. The van der Waals surface area contributed by atoms with Crippen molar-refractivity contribution in [2.75, 3.05) is 37.7 Å². The van der Waals surface area contributed by atoms with E-state index in [4.69, 9.17) is 9.47 Å². The summed E-state index contributed by atoms with van der Waals surface area (Å²) in [5.41, 5.74) is 1.55. The number of anilines is 1. The summed E-state index contributed by atoms with van der Waals surface area (Å²) in [5.74, 6) is 0.296. The average Bonchev–Trinajstić information content (AvgIpc) is 3.34. The number of nitrogens with zero attached hydrogens (tertiary/aromatic N) is 2. The molecule has 0 bridgehead atoms. The fraction of sp³-hybridized carbons (Fsp3) is 0.600. The number of alkyl carbamates (subject to hydrolysis) is 1. The van der Waals surface area contributed by atoms with Crippen LogP contribution in [-0.4, -0.2) is 64.5 Å². The van der Waals surface area contributed by atoms with Gasteiger partial charge in [0.1, 0.15) is 0 Å². The molecule has 4 rings (SSSR count). The quantitative estimate of drug-likeness (QED) is 0.523. The number of carbonyl (C=O) groups is 1. The van der Waals surface area contributed by atoms with E-state index >= 15 is 0 Å². The number of rotatable bonds is 8. The van der Waals surface area contributed by atoms with Crippen molar-refractivity contribution in [3.05, 3.63) is 29.4 Å². The molecule has 2 fully saturated rings. The van der Waals surface area contributed by atoms with E-state index in [1.807, 2.05) is 26.0 Å². The van der Waals surface area contributed by atoms with Crippen LogP contribution in [-0.2, 0) is 19.5 Å². The van der Waals surface area contributed by atoms with Crippen molar-refractivity contribution >= 4 is 33.1 Å². The molecule has 2 aliphatic rings. The van der Waals surface area contributed by atoms with E-state index in [-0.39, 0.29) is 23.1 Å². The number of thiazole rings is 1. The van der Waals surface area contributed by atoms with E-state index in [0.717, 1.165) is 54.3 Å². The number of amides is 1. The van der Waals surface area contributed by atoms with E-state index in [2.05, 4.69) is 19.9 Å². The maximum Gasteiger partial charge on any atom is 0.407 e. The Morgan fingerprint density at radius 1 is 1.22 bits per heavy atom. The third kappa shape index (κ3) is 6.56. The number of morpholine rings is 1. The number of ether oxygens (including phenoxy) is 2. The molecule has 2 aromatic rings. The maximum atomic E-state index is 13.1. The Balaban J connectivity index is 1.51. The van der Waals surface area contributed by atoms with E-state index in [9.17, 15) is 13.2 Å². The van der Waals surface area contributed by atoms with Crippen molar-refractivity contribution in [2.24, 2.45) is 0 Å². The lowest BCUT2D eigenvalue weighted by atomic mass is 9.86. The highest BCUT2D eigenvalue weighted by molar-refractivity contribution is 7.89. The van der Waals surface area contributed by atoms with Crippen LogP contribution in [0.15, 0.2) is 29.3 Å². The van der Waals surface area contributed by atoms with Gasteiger partial charge in [-0.05, 0) is 51.7 Å². The summed E-state index contributed by atoms with van der Waals surface area (Å²) < 4.78 is 39.6. The fourth-order valence-electron chi connectivity index (χ4n) is 4.72. The lowest BCUT2D eigenvalue weighted by molar-refractivity contribution is 0.109. The van der Waals surface area contributed by atoms with Gasteiger partial charge in [0, 0.05) is 49.0 Å². The Bertz CT molecular complexity index is 1140. The van der Waals surface area contributed by atoms with E-state index in [1.165, 1.54) is 0 Å². The number of nitrogens with one attached hydrogen (secondary N) is 2. The molecule has 0 radical (unpaired) electrons. The standard InChI is InChI=1S/C25H36N4O5S2/c1-4-27-36(31,32)23-15-20(29-11-13-33-14-12-29)9-10-21(23)22-16-26-24(35-22)18-5-7-19(8-6-18)28-25(30)34-17(2)3/h9-10,15-19,27H,4-8,11-14H2,1-3H3,(H,28,30). The van der Waals surface area contributed by atoms with Gasteiger partial charge in [-0.25, -0.2) is 22.9 Å². The molecule has 1 saturated heterocycles. The number of hydrogen-bond donors (Lipinski definition) is 2. The van der Waals surface area contributed by atoms with Crippen LogP contribution in [0.3, 0.4) is 0 Å². The molecule has 198 valence electrons. The number of aromatic nitrogens is 1. The summed E-state index contributed by atoms with van der Waals surface area (Å²) in [5, 5.41) is 3.97. The molecule has 1 aromatic carbocycles. The van der Waals surface area contributed by atoms with Crippen LogP contribution in [0.2, 0.25) is 0 Å². The second-order valence-electron chi connectivity index (χ2n) is 9.49. The number of benzene rings is 1. The highest BCUT2D eigenvalue weighted by Crippen LogP contribution is 2.40. The molecule has 11 heteroatoms. The predicted octanol–water partition coefficient (Wildman–Crippen LogP) is 4.11. The Kier molecular flexibility index (Phi) is 8.87. The van der Waals surface area contributed by atoms with Gasteiger partial charge in [-0.3, -0.25) is 0 Å². The van der Waals surface area contributed by atoms with Crippen LogP contribution in [0.1, 0.15) is 57.4 Å². The number of hydrogen-bond acceptors (Lipinski definition) is 8. The fourth-order valence-corrected chi connectivity index (χ4v) is 7.19. The van der Waals surface area contributed by atoms with Crippen LogP contribution in [0.5, 0.6) is 0 Å². The molecule has 1 aliphatic heterocycles. The minimum atomic E-state index is -3.67. The zero-order valence-electron chi connectivity index (χ0n) is 21.2. The van der Waals surface area contributed by atoms with Crippen LogP contribution >= 0.6 is 11.3 Å². The Hall–Kier alpha value is -2.21. The highest BCUT2D eigenvalue weighted by atomic mass is 32.2. The molecule has 1 saturated carbocycles. The van der Waals surface area contributed by atoms with Gasteiger partial charge in [0.05, 0.1) is 34.1 Å². The first-order valence-corrected chi connectivity index (χ1v) is 15.0. The third-order valence-electron chi connectivity index (χ3n) is 6.50. The third-order valence-corrected chi connectivity index (χ3v) is 9.27. The van der Waals surface area contributed by atoms with Gasteiger partial charge in [-0.15, -0.1) is 11.3 Å². The summed E-state index contributed by atoms with van der Waals surface area (Å²) in [6.45, 7) is 8.50. The maximum absolute atomic E-state index is 13.1. The van der Waals surface area contributed by atoms with Crippen molar-refractivity contribution in [2.45, 2.75) is 69.4 Å². The Morgan fingerprint density at radius 2 is 1.94 bits per heavy atom. The smallest absolute Gasteiger partial charge is 0.407 e. The second-order valence-corrected chi connectivity index (χ2v) is 12.3. The van der Waals surface area contributed by atoms with Gasteiger partial charge in [0.2, 0.25) is 10.0 Å². The van der Waals surface area contributed by atoms with Crippen molar-refractivity contribution in [1.82, 2.24) is 15.0 Å². The molecular weight excluding hydrogens is 500 g/mol. The zero-order chi connectivity index (χ0) is 25.7. The molecule has 0 atom stereocenters. The Labute approximate surface area is 217 Å². The lowest BCUT2D eigenvalue weighted by Crippen LogP contribution is -2.38. The molecule has 36 heavy (non-hydrogen) atoms. The molecule has 1 aliphatic carbocycles. The number of carbonyl (C=O) groups excluding carboxylic acids is 1. The first-order valence-electron chi connectivity index (χ1n) is 12.7. The topological polar surface area (TPSA) is 110 Å². The molecule has 2 N–H and O–H groups in total. The first kappa shape index (κ1) is 26.8. The first-order chi connectivity index (χ1) is 17.3. The van der Waals surface area contributed by atoms with Crippen molar-refractivity contribution < 1.29 is 22.7 Å². The van der Waals surface area contributed by atoms with Crippen LogP contribution in [0.4, 0.5) is 10.5 Å². The predicted molar refractivity (Wildman–Crippen MR) is 141 cm³/mol. The SMILES string of the molecule is CCNS(=O)(=O)c1cc(N2CCOCC2)ccc1-c1cnc(C2CCC(NC(=O)OC(C)C)CC2)s1. The van der Waals surface area contributed by atoms with Gasteiger partial charge in [-0.1, -0.05) is 13.0 Å². The monoisotopic (exact) mass is 536 g/mol. The van der Waals surface area contributed by atoms with Gasteiger partial charge >= 0.3 is 6.09 Å². The van der Waals surface area contributed by atoms with Gasteiger partial charge in [-0.2, -0.15) is 0 Å². The van der Waals surface area contributed by atoms with Crippen LogP contribution in [0.25, 0.3) is 10.4 Å². The second kappa shape index (κ2) is 11.9. The molecule has 0 spiro atoms. The lowest BCUT2D eigenvalue weighted by Gasteiger charge is -2.29. The normalized spacial score (nSPS) is 20.9. The largest absolute Gasteiger partial charge is 0.447 e. The van der Waals surface area contributed by atoms with Crippen molar-refractivity contribution in [3.63, 3.8) is 0 Å². The van der Waals surface area contributed by atoms with Crippen molar-refractivity contribution in [1.29, 1.82) is 0 Å².